The molecule has 0 unspecified atom stereocenters. The first-order valence-corrected chi connectivity index (χ1v) is 8.98. The number of nitrogens with one attached hydrogen (secondary N) is 2. The number of anilines is 1. The van der Waals surface area contributed by atoms with E-state index in [4.69, 9.17) is 12.2 Å². The zero-order valence-corrected chi connectivity index (χ0v) is 15.3. The molecule has 0 atom stereocenters. The van der Waals surface area contributed by atoms with E-state index in [0.29, 0.717) is 10.8 Å². The summed E-state index contributed by atoms with van der Waals surface area (Å²) in [6, 6.07) is 9.76. The lowest BCUT2D eigenvalue weighted by Crippen LogP contribution is -2.41. The van der Waals surface area contributed by atoms with Crippen LogP contribution in [0, 0.1) is 6.92 Å². The molecule has 3 rings (SSSR count). The lowest BCUT2D eigenvalue weighted by molar-refractivity contribution is 0.120. The molecule has 0 radical (unpaired) electrons. The fraction of sp³-hybridized carbons (Fsp3) is 0.444. The van der Waals surface area contributed by atoms with Crippen molar-refractivity contribution in [3.8, 4) is 5.69 Å². The Balaban J connectivity index is 1.77. The van der Waals surface area contributed by atoms with Crippen LogP contribution in [0.3, 0.4) is 0 Å². The van der Waals surface area contributed by atoms with Crippen molar-refractivity contribution in [1.82, 2.24) is 14.7 Å². The topological polar surface area (TPSA) is 71.2 Å². The van der Waals surface area contributed by atoms with E-state index >= 15 is 0 Å². The van der Waals surface area contributed by atoms with Crippen LogP contribution in [-0.4, -0.2) is 31.7 Å². The average Bonchev–Trinajstić information content (AvgIpc) is 2.81. The van der Waals surface area contributed by atoms with Crippen molar-refractivity contribution in [3.05, 3.63) is 46.4 Å². The molecule has 6 nitrogen and oxygen atoms in total. The Bertz CT molecular complexity index is 804. The van der Waals surface area contributed by atoms with Crippen molar-refractivity contribution in [2.45, 2.75) is 44.8 Å². The van der Waals surface area contributed by atoms with Crippen molar-refractivity contribution in [3.63, 3.8) is 0 Å². The second-order valence-electron chi connectivity index (χ2n) is 6.54. The van der Waals surface area contributed by atoms with E-state index < -0.39 is 0 Å². The van der Waals surface area contributed by atoms with Crippen molar-refractivity contribution >= 4 is 23.0 Å². The lowest BCUT2D eigenvalue weighted by atomic mass is 9.93. The summed E-state index contributed by atoms with van der Waals surface area (Å²) >= 11 is 5.39. The van der Waals surface area contributed by atoms with Crippen LogP contribution in [0.1, 0.15) is 31.4 Å². The minimum atomic E-state index is -0.200. The molecule has 1 fully saturated rings. The Morgan fingerprint density at radius 3 is 2.48 bits per heavy atom. The standard InChI is InChI=1S/C18H24N4O2S/c1-12-16(20-18(25)19-13-8-10-15(23)11-9-13)17(24)22(21(12)2)14-6-4-3-5-7-14/h3-7,13,15,23H,8-11H2,1-2H3,(H2,19,20,25). The van der Waals surface area contributed by atoms with Gasteiger partial charge in [0.25, 0.3) is 5.56 Å². The fourth-order valence-corrected chi connectivity index (χ4v) is 3.54. The molecule has 7 heteroatoms. The maximum absolute atomic E-state index is 12.8. The maximum Gasteiger partial charge on any atom is 0.295 e. The summed E-state index contributed by atoms with van der Waals surface area (Å²) in [6.45, 7) is 1.89. The lowest BCUT2D eigenvalue weighted by Gasteiger charge is -2.27. The second-order valence-corrected chi connectivity index (χ2v) is 6.95. The van der Waals surface area contributed by atoms with Gasteiger partial charge in [-0.1, -0.05) is 18.2 Å². The molecule has 2 aromatic rings. The van der Waals surface area contributed by atoms with Crippen molar-refractivity contribution < 1.29 is 5.11 Å². The zero-order chi connectivity index (χ0) is 18.0. The molecule has 1 aromatic heterocycles. The molecular formula is C18H24N4O2S. The van der Waals surface area contributed by atoms with Gasteiger partial charge in [0, 0.05) is 13.1 Å². The summed E-state index contributed by atoms with van der Waals surface area (Å²) in [6.07, 6.45) is 3.13. The molecular weight excluding hydrogens is 336 g/mol. The summed E-state index contributed by atoms with van der Waals surface area (Å²) < 4.78 is 3.44. The van der Waals surface area contributed by atoms with Crippen LogP contribution in [-0.2, 0) is 7.05 Å². The number of rotatable bonds is 3. The van der Waals surface area contributed by atoms with Gasteiger partial charge in [-0.05, 0) is 57.0 Å². The molecule has 25 heavy (non-hydrogen) atoms. The van der Waals surface area contributed by atoms with Crippen LogP contribution in [0.4, 0.5) is 5.69 Å². The Hall–Kier alpha value is -2.12. The first kappa shape index (κ1) is 17.7. The molecule has 1 saturated carbocycles. The number of para-hydroxylation sites is 1. The van der Waals surface area contributed by atoms with Crippen molar-refractivity contribution in [2.75, 3.05) is 5.32 Å². The fourth-order valence-electron chi connectivity index (χ4n) is 3.27. The Labute approximate surface area is 152 Å². The predicted molar refractivity (Wildman–Crippen MR) is 103 cm³/mol. The van der Waals surface area contributed by atoms with E-state index in [1.165, 1.54) is 0 Å². The summed E-state index contributed by atoms with van der Waals surface area (Å²) in [5.41, 5.74) is 1.98. The molecule has 0 bridgehead atoms. The minimum Gasteiger partial charge on any atom is -0.393 e. The van der Waals surface area contributed by atoms with Crippen molar-refractivity contribution in [2.24, 2.45) is 7.05 Å². The van der Waals surface area contributed by atoms with Crippen LogP contribution in [0.5, 0.6) is 0 Å². The number of aromatic nitrogens is 2. The molecule has 0 amide bonds. The minimum absolute atomic E-state index is 0.130. The number of nitrogens with zero attached hydrogens (tertiary/aromatic N) is 2. The van der Waals surface area contributed by atoms with E-state index in [2.05, 4.69) is 10.6 Å². The summed E-state index contributed by atoms with van der Waals surface area (Å²) in [5.74, 6) is 0. The van der Waals surface area contributed by atoms with E-state index in [9.17, 15) is 9.90 Å². The van der Waals surface area contributed by atoms with Gasteiger partial charge in [0.2, 0.25) is 0 Å². The molecule has 0 spiro atoms. The molecule has 0 aliphatic heterocycles. The maximum atomic E-state index is 12.8. The smallest absolute Gasteiger partial charge is 0.295 e. The first-order chi connectivity index (χ1) is 12.0. The quantitative estimate of drug-likeness (QED) is 0.731. The van der Waals surface area contributed by atoms with E-state index in [1.54, 1.807) is 4.68 Å². The highest BCUT2D eigenvalue weighted by Gasteiger charge is 2.21. The van der Waals surface area contributed by atoms with Crippen LogP contribution in [0.2, 0.25) is 0 Å². The molecule has 134 valence electrons. The number of hydrogen-bond acceptors (Lipinski definition) is 3. The average molecular weight is 360 g/mol. The van der Waals surface area contributed by atoms with Crippen LogP contribution in [0.25, 0.3) is 5.69 Å². The molecule has 1 heterocycles. The Kier molecular flexibility index (Phi) is 5.24. The van der Waals surface area contributed by atoms with E-state index in [1.807, 2.05) is 49.0 Å². The third-order valence-electron chi connectivity index (χ3n) is 4.82. The highest BCUT2D eigenvalue weighted by atomic mass is 32.1. The highest BCUT2D eigenvalue weighted by Crippen LogP contribution is 2.19. The van der Waals surface area contributed by atoms with Crippen molar-refractivity contribution in [1.29, 1.82) is 0 Å². The molecule has 0 saturated heterocycles. The van der Waals surface area contributed by atoms with Crippen LogP contribution < -0.4 is 16.2 Å². The number of thiocarbonyl (C=S) groups is 1. The number of aliphatic hydroxyl groups excluding tert-OH is 1. The van der Waals surface area contributed by atoms with Gasteiger partial charge in [0.15, 0.2) is 5.11 Å². The molecule has 3 N–H and O–H groups in total. The zero-order valence-electron chi connectivity index (χ0n) is 14.5. The van der Waals surface area contributed by atoms with Gasteiger partial charge in [-0.2, -0.15) is 0 Å². The van der Waals surface area contributed by atoms with Gasteiger partial charge >= 0.3 is 0 Å². The van der Waals surface area contributed by atoms with Gasteiger partial charge in [-0.15, -0.1) is 0 Å². The van der Waals surface area contributed by atoms with Gasteiger partial charge < -0.3 is 15.7 Å². The Morgan fingerprint density at radius 1 is 1.20 bits per heavy atom. The first-order valence-electron chi connectivity index (χ1n) is 8.57. The van der Waals surface area contributed by atoms with Gasteiger partial charge in [-0.3, -0.25) is 9.48 Å². The third-order valence-corrected chi connectivity index (χ3v) is 5.04. The monoisotopic (exact) mass is 360 g/mol. The van der Waals surface area contributed by atoms with Gasteiger partial charge in [0.05, 0.1) is 17.5 Å². The molecule has 1 aliphatic carbocycles. The largest absolute Gasteiger partial charge is 0.393 e. The summed E-state index contributed by atoms with van der Waals surface area (Å²) in [4.78, 5) is 12.8. The van der Waals surface area contributed by atoms with Gasteiger partial charge in [-0.25, -0.2) is 4.68 Å². The normalized spacial score (nSPS) is 20.3. The van der Waals surface area contributed by atoms with Crippen LogP contribution in [0.15, 0.2) is 35.1 Å². The van der Waals surface area contributed by atoms with Gasteiger partial charge in [0.1, 0.15) is 5.69 Å². The highest BCUT2D eigenvalue weighted by molar-refractivity contribution is 7.80. The predicted octanol–water partition coefficient (Wildman–Crippen LogP) is 2.07. The van der Waals surface area contributed by atoms with E-state index in [-0.39, 0.29) is 17.7 Å². The Morgan fingerprint density at radius 2 is 1.84 bits per heavy atom. The molecule has 1 aliphatic rings. The molecule has 1 aromatic carbocycles. The summed E-state index contributed by atoms with van der Waals surface area (Å²) in [7, 11) is 1.86. The SMILES string of the molecule is Cc1c(NC(=S)NC2CCC(O)CC2)c(=O)n(-c2ccccc2)n1C. The number of aliphatic hydroxyl groups is 1. The third kappa shape index (κ3) is 3.77. The van der Waals surface area contributed by atoms with Crippen LogP contribution >= 0.6 is 12.2 Å². The second kappa shape index (κ2) is 7.41. The number of benzene rings is 1. The van der Waals surface area contributed by atoms with E-state index in [0.717, 1.165) is 37.1 Å². The number of hydrogen-bond donors (Lipinski definition) is 3. The summed E-state index contributed by atoms with van der Waals surface area (Å²) in [5, 5.41) is 16.4.